The normalized spacial score (nSPS) is 0. The summed E-state index contributed by atoms with van der Waals surface area (Å²) in [5.41, 5.74) is 0. The van der Waals surface area contributed by atoms with Crippen LogP contribution in [-0.4, -0.2) is 54.0 Å². The Balaban J connectivity index is 0. The van der Waals surface area contributed by atoms with Crippen LogP contribution in [0, 0.1) is 0 Å². The molecule has 0 bridgehead atoms. The molecule has 0 unspecified atom stereocenters. The maximum absolute atomic E-state index is 0. The van der Waals surface area contributed by atoms with Gasteiger partial charge in [0.25, 0.3) is 0 Å². The molecule has 0 saturated heterocycles. The van der Waals surface area contributed by atoms with Crippen LogP contribution in [-0.2, 0) is 0 Å². The third-order valence-corrected chi connectivity index (χ3v) is 0. The Hall–Kier alpha value is 1.40. The maximum atomic E-state index is 0. The standard InChI is InChI=1S/6FH.Na.Sb.4H/h6*1H;;;;;;. The van der Waals surface area contributed by atoms with Crippen molar-refractivity contribution < 1.29 is 28.2 Å². The van der Waals surface area contributed by atoms with E-state index >= 15 is 0 Å². The molecule has 0 aromatic carbocycles. The molecule has 0 atom stereocenters. The van der Waals surface area contributed by atoms with Gasteiger partial charge in [0, 0.05) is 0 Å². The first kappa shape index (κ1) is 339. The summed E-state index contributed by atoms with van der Waals surface area (Å²) in [5, 5.41) is 0. The van der Waals surface area contributed by atoms with E-state index in [1.165, 1.54) is 0 Å². The van der Waals surface area contributed by atoms with Gasteiger partial charge >= 0.3 is 54.0 Å². The minimum atomic E-state index is 0. The van der Waals surface area contributed by atoms with E-state index in [1.54, 1.807) is 0 Å². The van der Waals surface area contributed by atoms with E-state index in [-0.39, 0.29) is 82.2 Å². The number of hydrogen-bond donors (Lipinski definition) is 0. The van der Waals surface area contributed by atoms with Crippen molar-refractivity contribution in [1.29, 1.82) is 0 Å². The van der Waals surface area contributed by atoms with E-state index < -0.39 is 0 Å². The first-order chi connectivity index (χ1) is 0. The summed E-state index contributed by atoms with van der Waals surface area (Å²) in [6.07, 6.45) is 0. The van der Waals surface area contributed by atoms with Gasteiger partial charge in [0.2, 0.25) is 0 Å². The molecule has 0 N–H and O–H groups in total. The van der Waals surface area contributed by atoms with Gasteiger partial charge in [-0.3, -0.25) is 28.2 Å². The molecular formula is H10F6NaSb. The van der Waals surface area contributed by atoms with Crippen molar-refractivity contribution in [3.05, 3.63) is 0 Å². The van der Waals surface area contributed by atoms with Crippen molar-refractivity contribution in [1.82, 2.24) is 0 Å². The van der Waals surface area contributed by atoms with Crippen LogP contribution in [0.5, 0.6) is 0 Å². The predicted molar refractivity (Wildman–Crippen MR) is 32.1 cm³/mol. The zero-order chi connectivity index (χ0) is 0. The van der Waals surface area contributed by atoms with Crippen molar-refractivity contribution in [2.75, 3.05) is 0 Å². The third-order valence-electron chi connectivity index (χ3n) is 0. The van der Waals surface area contributed by atoms with E-state index in [0.717, 1.165) is 0 Å². The van der Waals surface area contributed by atoms with Crippen LogP contribution in [0.3, 0.4) is 0 Å². The molecule has 0 saturated carbocycles. The van der Waals surface area contributed by atoms with Crippen LogP contribution in [0.25, 0.3) is 0 Å². The molecule has 0 aliphatic carbocycles. The monoisotopic (exact) mass is 268 g/mol. The fourth-order valence-corrected chi connectivity index (χ4v) is 0. The molecule has 8 heteroatoms. The first-order valence-corrected chi connectivity index (χ1v) is 0. The Morgan fingerprint density at radius 2 is 0.375 bits per heavy atom. The van der Waals surface area contributed by atoms with E-state index in [0.29, 0.717) is 0 Å². The molecule has 0 rings (SSSR count). The summed E-state index contributed by atoms with van der Waals surface area (Å²) in [5.74, 6) is 0. The topological polar surface area (TPSA) is 0 Å². The van der Waals surface area contributed by atoms with Gasteiger partial charge in [-0.1, -0.05) is 0 Å². The van der Waals surface area contributed by atoms with Crippen LogP contribution in [0.1, 0.15) is 0 Å². The third kappa shape index (κ3) is 155. The molecule has 0 fully saturated rings. The van der Waals surface area contributed by atoms with Crippen molar-refractivity contribution in [3.8, 4) is 0 Å². The van der Waals surface area contributed by atoms with E-state index in [9.17, 15) is 0 Å². The number of rotatable bonds is 0. The molecule has 0 heterocycles. The molecule has 0 amide bonds. The SMILES string of the molecule is F.F.F.F.F.F.[NaH].[SbH3]. The Morgan fingerprint density at radius 3 is 0.375 bits per heavy atom. The summed E-state index contributed by atoms with van der Waals surface area (Å²) in [4.78, 5) is 0. The Bertz CT molecular complexity index is 8.49. The molecule has 8 heavy (non-hydrogen) atoms. The first-order valence-electron chi connectivity index (χ1n) is 0. The second-order valence-electron chi connectivity index (χ2n) is 0. The van der Waals surface area contributed by atoms with Crippen molar-refractivity contribution >= 4 is 54.0 Å². The molecule has 0 nitrogen and oxygen atoms in total. The fourth-order valence-electron chi connectivity index (χ4n) is 0. The molecule has 0 aliphatic rings. The summed E-state index contributed by atoms with van der Waals surface area (Å²) < 4.78 is 0. The van der Waals surface area contributed by atoms with E-state index in [2.05, 4.69) is 0 Å². The van der Waals surface area contributed by atoms with Crippen molar-refractivity contribution in [2.24, 2.45) is 0 Å². The number of hydrogen-bond acceptors (Lipinski definition) is 0. The second kappa shape index (κ2) is 235. The van der Waals surface area contributed by atoms with Gasteiger partial charge in [0.05, 0.1) is 0 Å². The second-order valence-corrected chi connectivity index (χ2v) is 0. The van der Waals surface area contributed by atoms with Crippen LogP contribution < -0.4 is 0 Å². The zero-order valence-electron chi connectivity index (χ0n) is 3.16. The summed E-state index contributed by atoms with van der Waals surface area (Å²) >= 11 is 0. The average molecular weight is 269 g/mol. The van der Waals surface area contributed by atoms with Gasteiger partial charge in [-0.15, -0.1) is 0 Å². The zero-order valence-corrected chi connectivity index (χ0v) is 7.19. The summed E-state index contributed by atoms with van der Waals surface area (Å²) in [6, 6.07) is 0. The Kier molecular flexibility index (Phi) is 9970. The van der Waals surface area contributed by atoms with Crippen molar-refractivity contribution in [3.63, 3.8) is 0 Å². The molecule has 0 radical (unpaired) electrons. The Morgan fingerprint density at radius 1 is 0.375 bits per heavy atom. The van der Waals surface area contributed by atoms with Crippen molar-refractivity contribution in [2.45, 2.75) is 0 Å². The van der Waals surface area contributed by atoms with Crippen LogP contribution >= 0.6 is 0 Å². The molecule has 0 aromatic rings. The van der Waals surface area contributed by atoms with Gasteiger partial charge < -0.3 is 0 Å². The van der Waals surface area contributed by atoms with Crippen LogP contribution in [0.2, 0.25) is 0 Å². The summed E-state index contributed by atoms with van der Waals surface area (Å²) in [6.45, 7) is 0. The van der Waals surface area contributed by atoms with Crippen LogP contribution in [0.4, 0.5) is 28.2 Å². The summed E-state index contributed by atoms with van der Waals surface area (Å²) in [7, 11) is 0. The number of halogens is 6. The van der Waals surface area contributed by atoms with Crippen LogP contribution in [0.15, 0.2) is 0 Å². The van der Waals surface area contributed by atoms with Gasteiger partial charge in [0.1, 0.15) is 0 Å². The quantitative estimate of drug-likeness (QED) is 0.394. The van der Waals surface area contributed by atoms with Gasteiger partial charge in [-0.05, 0) is 0 Å². The average Bonchev–Trinajstić information content (AvgIpc) is 0. The van der Waals surface area contributed by atoms with E-state index in [1.807, 2.05) is 0 Å². The molecule has 0 spiro atoms. The molecule has 58 valence electrons. The Labute approximate surface area is 81.7 Å². The molecule has 0 aromatic heterocycles. The predicted octanol–water partition coefficient (Wildman–Crippen LogP) is -0.917. The molecular weight excluding hydrogens is 259 g/mol. The fraction of sp³-hybridized carbons (Fsp3) is 0. The van der Waals surface area contributed by atoms with E-state index in [4.69, 9.17) is 0 Å². The van der Waals surface area contributed by atoms with Gasteiger partial charge in [0.15, 0.2) is 0 Å². The van der Waals surface area contributed by atoms with Gasteiger partial charge in [-0.2, -0.15) is 0 Å². The van der Waals surface area contributed by atoms with Gasteiger partial charge in [-0.25, -0.2) is 0 Å². The molecule has 0 aliphatic heterocycles. The minimum absolute atomic E-state index is 0.